The third-order valence-corrected chi connectivity index (χ3v) is 5.32. The van der Waals surface area contributed by atoms with Crippen LogP contribution in [0.15, 0.2) is 30.3 Å². The van der Waals surface area contributed by atoms with Gasteiger partial charge >= 0.3 is 0 Å². The van der Waals surface area contributed by atoms with Crippen LogP contribution in [0, 0.1) is 5.92 Å². The van der Waals surface area contributed by atoms with Gasteiger partial charge in [0.05, 0.1) is 12.6 Å². The van der Waals surface area contributed by atoms with E-state index in [2.05, 4.69) is 34.9 Å². The molecule has 1 saturated carbocycles. The topological polar surface area (TPSA) is 50.4 Å². The van der Waals surface area contributed by atoms with E-state index in [9.17, 15) is 4.79 Å². The molecule has 0 aromatic heterocycles. The number of nitrogens with one attached hydrogen (secondary N) is 2. The largest absolute Gasteiger partial charge is 0.381 e. The third-order valence-electron chi connectivity index (χ3n) is 5.32. The Hall–Kier alpha value is -1.10. The molecule has 0 radical (unpaired) electrons. The first kappa shape index (κ1) is 20.2. The van der Waals surface area contributed by atoms with E-state index in [4.69, 9.17) is 4.74 Å². The minimum Gasteiger partial charge on any atom is -0.381 e. The number of carbonyl (C=O) groups is 1. The molecule has 2 aliphatic rings. The van der Waals surface area contributed by atoms with Gasteiger partial charge in [-0.2, -0.15) is 0 Å². The van der Waals surface area contributed by atoms with Crippen molar-refractivity contribution in [1.29, 1.82) is 0 Å². The molecule has 4 nitrogen and oxygen atoms in total. The van der Waals surface area contributed by atoms with Crippen LogP contribution in [0.3, 0.4) is 0 Å². The average Bonchev–Trinajstić information content (AvgIpc) is 3.06. The highest BCUT2D eigenvalue weighted by molar-refractivity contribution is 5.85. The summed E-state index contributed by atoms with van der Waals surface area (Å²) in [5.41, 5.74) is 1.31. The van der Waals surface area contributed by atoms with Crippen molar-refractivity contribution in [3.8, 4) is 0 Å². The molecule has 1 aromatic carbocycles. The number of fused-ring (bicyclic) bond motifs is 1. The Balaban J connectivity index is 0.00000225. The van der Waals surface area contributed by atoms with Crippen molar-refractivity contribution in [1.82, 2.24) is 10.6 Å². The van der Waals surface area contributed by atoms with E-state index >= 15 is 0 Å². The Kier molecular flexibility index (Phi) is 8.73. The van der Waals surface area contributed by atoms with Gasteiger partial charge in [-0.3, -0.25) is 4.79 Å². The van der Waals surface area contributed by atoms with Crippen LogP contribution in [0.5, 0.6) is 0 Å². The van der Waals surface area contributed by atoms with Gasteiger partial charge in [-0.05, 0) is 43.6 Å². The Bertz CT molecular complexity index is 498. The molecule has 1 saturated heterocycles. The van der Waals surface area contributed by atoms with Crippen LogP contribution >= 0.6 is 12.4 Å². The van der Waals surface area contributed by atoms with Crippen LogP contribution in [0.1, 0.15) is 44.1 Å². The van der Waals surface area contributed by atoms with Crippen LogP contribution in [0.2, 0.25) is 0 Å². The predicted octanol–water partition coefficient (Wildman–Crippen LogP) is 3.09. The lowest BCUT2D eigenvalue weighted by Crippen LogP contribution is -2.43. The van der Waals surface area contributed by atoms with Crippen molar-refractivity contribution in [2.45, 2.75) is 57.0 Å². The van der Waals surface area contributed by atoms with Crippen molar-refractivity contribution in [2.24, 2.45) is 5.92 Å². The fourth-order valence-corrected chi connectivity index (χ4v) is 3.97. The number of ether oxygens (including phenoxy) is 1. The number of carbonyl (C=O) groups excluding carboxylic acids is 1. The summed E-state index contributed by atoms with van der Waals surface area (Å²) in [6.07, 6.45) is 8.01. The third kappa shape index (κ3) is 6.28. The maximum atomic E-state index is 12.2. The van der Waals surface area contributed by atoms with Crippen molar-refractivity contribution in [2.75, 3.05) is 19.8 Å². The highest BCUT2D eigenvalue weighted by atomic mass is 35.5. The lowest BCUT2D eigenvalue weighted by molar-refractivity contribution is -0.122. The van der Waals surface area contributed by atoms with Crippen LogP contribution in [0.25, 0.3) is 0 Å². The Morgan fingerprint density at radius 1 is 1.16 bits per heavy atom. The van der Waals surface area contributed by atoms with Gasteiger partial charge in [0.2, 0.25) is 5.91 Å². The summed E-state index contributed by atoms with van der Waals surface area (Å²) < 4.78 is 5.66. The first-order valence-electron chi connectivity index (χ1n) is 9.48. The molecule has 0 bridgehead atoms. The summed E-state index contributed by atoms with van der Waals surface area (Å²) in [5, 5.41) is 6.59. The number of amides is 1. The van der Waals surface area contributed by atoms with Gasteiger partial charge in [-0.25, -0.2) is 0 Å². The van der Waals surface area contributed by atoms with Crippen LogP contribution in [-0.2, 0) is 16.0 Å². The summed E-state index contributed by atoms with van der Waals surface area (Å²) in [6.45, 7) is 2.15. The minimum absolute atomic E-state index is 0. The van der Waals surface area contributed by atoms with E-state index in [-0.39, 0.29) is 24.4 Å². The second kappa shape index (κ2) is 10.8. The summed E-state index contributed by atoms with van der Waals surface area (Å²) >= 11 is 0. The van der Waals surface area contributed by atoms with E-state index in [1.54, 1.807) is 0 Å². The number of halogens is 1. The van der Waals surface area contributed by atoms with Gasteiger partial charge in [0.25, 0.3) is 0 Å². The van der Waals surface area contributed by atoms with E-state index in [1.165, 1.54) is 31.2 Å². The lowest BCUT2D eigenvalue weighted by Gasteiger charge is -2.24. The van der Waals surface area contributed by atoms with E-state index in [0.717, 1.165) is 31.8 Å². The predicted molar refractivity (Wildman–Crippen MR) is 103 cm³/mol. The van der Waals surface area contributed by atoms with Crippen LogP contribution in [-0.4, -0.2) is 37.7 Å². The number of hydrogen-bond acceptors (Lipinski definition) is 3. The molecule has 25 heavy (non-hydrogen) atoms. The normalized spacial score (nSPS) is 25.0. The molecule has 3 rings (SSSR count). The molecule has 2 fully saturated rings. The maximum absolute atomic E-state index is 12.2. The quantitative estimate of drug-likeness (QED) is 0.695. The second-order valence-electron chi connectivity index (χ2n) is 7.10. The molecule has 1 heterocycles. The van der Waals surface area contributed by atoms with Crippen molar-refractivity contribution >= 4 is 18.3 Å². The van der Waals surface area contributed by atoms with Gasteiger partial charge in [0.15, 0.2) is 0 Å². The fourth-order valence-electron chi connectivity index (χ4n) is 3.97. The highest BCUT2D eigenvalue weighted by Crippen LogP contribution is 2.33. The van der Waals surface area contributed by atoms with E-state index in [0.29, 0.717) is 19.2 Å². The van der Waals surface area contributed by atoms with Gasteiger partial charge in [0.1, 0.15) is 0 Å². The van der Waals surface area contributed by atoms with Crippen molar-refractivity contribution in [3.63, 3.8) is 0 Å². The molecule has 3 atom stereocenters. The zero-order valence-electron chi connectivity index (χ0n) is 14.9. The molecule has 1 amide bonds. The van der Waals surface area contributed by atoms with Crippen molar-refractivity contribution < 1.29 is 9.53 Å². The lowest BCUT2D eigenvalue weighted by atomic mass is 9.85. The second-order valence-corrected chi connectivity index (χ2v) is 7.10. The number of hydrogen-bond donors (Lipinski definition) is 2. The van der Waals surface area contributed by atoms with Crippen LogP contribution < -0.4 is 10.6 Å². The van der Waals surface area contributed by atoms with Gasteiger partial charge in [-0.1, -0.05) is 43.2 Å². The molecule has 2 N–H and O–H groups in total. The number of rotatable bonds is 8. The molecule has 140 valence electrons. The SMILES string of the molecule is Cl.O=C(NCCCOCCc1ccccc1)C1CC2CCCCC2N1. The first-order chi connectivity index (χ1) is 11.8. The van der Waals surface area contributed by atoms with Gasteiger partial charge in [-0.15, -0.1) is 12.4 Å². The zero-order chi connectivity index (χ0) is 16.6. The Morgan fingerprint density at radius 2 is 1.96 bits per heavy atom. The zero-order valence-corrected chi connectivity index (χ0v) is 15.7. The summed E-state index contributed by atoms with van der Waals surface area (Å²) in [4.78, 5) is 12.2. The highest BCUT2D eigenvalue weighted by Gasteiger charge is 2.37. The average molecular weight is 367 g/mol. The Morgan fingerprint density at radius 3 is 2.76 bits per heavy atom. The summed E-state index contributed by atoms with van der Waals surface area (Å²) in [6, 6.07) is 11.0. The summed E-state index contributed by atoms with van der Waals surface area (Å²) in [5.74, 6) is 0.893. The first-order valence-corrected chi connectivity index (χ1v) is 9.48. The monoisotopic (exact) mass is 366 g/mol. The molecule has 3 unspecified atom stereocenters. The van der Waals surface area contributed by atoms with E-state index < -0.39 is 0 Å². The van der Waals surface area contributed by atoms with Gasteiger partial charge in [0, 0.05) is 19.2 Å². The smallest absolute Gasteiger partial charge is 0.237 e. The minimum atomic E-state index is 0. The van der Waals surface area contributed by atoms with E-state index in [1.807, 2.05) is 6.07 Å². The molecule has 0 spiro atoms. The maximum Gasteiger partial charge on any atom is 0.237 e. The standard InChI is InChI=1S/C20H30N2O2.ClH/c23-20(19-15-17-9-4-5-10-18(17)22-19)21-12-6-13-24-14-11-16-7-2-1-3-8-16;/h1-3,7-8,17-19,22H,4-6,9-15H2,(H,21,23);1H. The Labute approximate surface area is 157 Å². The van der Waals surface area contributed by atoms with Crippen LogP contribution in [0.4, 0.5) is 0 Å². The molecule has 1 aliphatic carbocycles. The van der Waals surface area contributed by atoms with Gasteiger partial charge < -0.3 is 15.4 Å². The number of benzene rings is 1. The molecule has 1 aliphatic heterocycles. The molecular formula is C20H31ClN2O2. The molecule has 1 aromatic rings. The fraction of sp³-hybridized carbons (Fsp3) is 0.650. The molecular weight excluding hydrogens is 336 g/mol. The van der Waals surface area contributed by atoms with Crippen molar-refractivity contribution in [3.05, 3.63) is 35.9 Å². The molecule has 5 heteroatoms. The summed E-state index contributed by atoms with van der Waals surface area (Å²) in [7, 11) is 0.